The van der Waals surface area contributed by atoms with Gasteiger partial charge in [-0.15, -0.1) is 24.9 Å². The van der Waals surface area contributed by atoms with Gasteiger partial charge < -0.3 is 19.8 Å². The number of carbonyl (C=O) groups excluding carboxylic acids is 3. The number of unbranched alkanes of at least 4 members (excludes halogenated alkanes) is 2. The van der Waals surface area contributed by atoms with Crippen LogP contribution in [0.2, 0.25) is 0 Å². The molecule has 3 amide bonds. The number of benzene rings is 2. The highest BCUT2D eigenvalue weighted by Gasteiger charge is 2.76. The highest BCUT2D eigenvalue weighted by molar-refractivity contribution is 9.09. The van der Waals surface area contributed by atoms with E-state index in [1.807, 2.05) is 65.6 Å². The quantitative estimate of drug-likeness (QED) is 0.160. The number of fused-ring (bicyclic) bond motifs is 1. The molecule has 3 aliphatic heterocycles. The number of thioether (sulfide) groups is 1. The molecule has 5 rings (SSSR count). The Kier molecular flexibility index (Phi) is 10.4. The number of carbonyl (C=O) groups is 3. The topological polar surface area (TPSA) is 81.2 Å². The number of hydrogen-bond donors (Lipinski definition) is 1. The van der Waals surface area contributed by atoms with Gasteiger partial charge in [0.2, 0.25) is 17.7 Å². The van der Waals surface area contributed by atoms with Gasteiger partial charge in [-0.1, -0.05) is 96.4 Å². The maximum Gasteiger partial charge on any atom is 0.247 e. The minimum Gasteiger partial charge on any atom is -0.394 e. The zero-order chi connectivity index (χ0) is 31.4. The summed E-state index contributed by atoms with van der Waals surface area (Å²) in [5, 5.41) is 10.6. The molecule has 3 saturated heterocycles. The molecule has 2 aromatic carbocycles. The average Bonchev–Trinajstić information content (AvgIpc) is 3.64. The number of nitrogens with zero attached hydrogens (tertiary/aromatic N) is 3. The van der Waals surface area contributed by atoms with Gasteiger partial charge in [-0.05, 0) is 30.5 Å². The molecule has 1 spiro atoms. The molecule has 0 aliphatic carbocycles. The summed E-state index contributed by atoms with van der Waals surface area (Å²) >= 11 is 5.50. The minimum absolute atomic E-state index is 0.0562. The lowest BCUT2D eigenvalue weighted by Crippen LogP contribution is -2.56. The Morgan fingerprint density at radius 1 is 1.07 bits per heavy atom. The first-order chi connectivity index (χ1) is 21.3. The van der Waals surface area contributed by atoms with Gasteiger partial charge in [0.25, 0.3) is 0 Å². The highest BCUT2D eigenvalue weighted by atomic mass is 79.9. The smallest absolute Gasteiger partial charge is 0.247 e. The van der Waals surface area contributed by atoms with Crippen LogP contribution in [0, 0.1) is 11.8 Å². The number of likely N-dealkylation sites (tertiary alicyclic amines) is 1. The van der Waals surface area contributed by atoms with Gasteiger partial charge in [-0.3, -0.25) is 14.4 Å². The van der Waals surface area contributed by atoms with Gasteiger partial charge in [0.05, 0.1) is 29.2 Å². The first kappa shape index (κ1) is 32.5. The van der Waals surface area contributed by atoms with Crippen molar-refractivity contribution in [2.24, 2.45) is 11.8 Å². The minimum atomic E-state index is -0.837. The Labute approximate surface area is 273 Å². The fourth-order valence-electron chi connectivity index (χ4n) is 7.41. The van der Waals surface area contributed by atoms with Crippen molar-refractivity contribution in [3.05, 3.63) is 91.5 Å². The van der Waals surface area contributed by atoms with Crippen molar-refractivity contribution in [1.82, 2.24) is 9.80 Å². The van der Waals surface area contributed by atoms with E-state index in [2.05, 4.69) is 36.0 Å². The van der Waals surface area contributed by atoms with Crippen molar-refractivity contribution in [1.29, 1.82) is 0 Å². The molecular formula is C35H42BrN3O4S. The van der Waals surface area contributed by atoms with Crippen molar-refractivity contribution < 1.29 is 19.5 Å². The number of para-hydroxylation sites is 1. The number of hydrogen-bond acceptors (Lipinski definition) is 5. The number of alkyl halides is 1. The third-order valence-electron chi connectivity index (χ3n) is 9.28. The van der Waals surface area contributed by atoms with Crippen molar-refractivity contribution >= 4 is 51.1 Å². The predicted molar refractivity (Wildman–Crippen MR) is 181 cm³/mol. The van der Waals surface area contributed by atoms with Gasteiger partial charge in [-0.25, -0.2) is 0 Å². The summed E-state index contributed by atoms with van der Waals surface area (Å²) in [5.74, 6) is -1.87. The van der Waals surface area contributed by atoms with Crippen LogP contribution in [-0.2, 0) is 14.4 Å². The van der Waals surface area contributed by atoms with E-state index in [4.69, 9.17) is 0 Å². The van der Waals surface area contributed by atoms with Crippen LogP contribution in [0.4, 0.5) is 5.69 Å². The molecule has 7 nitrogen and oxygen atoms in total. The number of halogens is 1. The molecule has 44 heavy (non-hydrogen) atoms. The second-order valence-electron chi connectivity index (χ2n) is 11.9. The molecule has 1 N–H and O–H groups in total. The van der Waals surface area contributed by atoms with E-state index in [0.29, 0.717) is 26.1 Å². The van der Waals surface area contributed by atoms with E-state index >= 15 is 0 Å². The number of amides is 3. The lowest BCUT2D eigenvalue weighted by atomic mass is 9.70. The summed E-state index contributed by atoms with van der Waals surface area (Å²) < 4.78 is -0.823. The predicted octanol–water partition coefficient (Wildman–Crippen LogP) is 5.61. The first-order valence-electron chi connectivity index (χ1n) is 15.5. The Balaban J connectivity index is 1.62. The summed E-state index contributed by atoms with van der Waals surface area (Å²) in [6.07, 6.45) is 6.86. The Morgan fingerprint density at radius 3 is 2.34 bits per heavy atom. The molecule has 0 radical (unpaired) electrons. The maximum absolute atomic E-state index is 14.8. The molecule has 0 saturated carbocycles. The van der Waals surface area contributed by atoms with Crippen LogP contribution >= 0.6 is 27.7 Å². The van der Waals surface area contributed by atoms with Crippen LogP contribution in [0.25, 0.3) is 0 Å². The zero-order valence-electron chi connectivity index (χ0n) is 25.3. The Bertz CT molecular complexity index is 1360. The van der Waals surface area contributed by atoms with Crippen LogP contribution in [0.3, 0.4) is 0 Å². The second-order valence-corrected chi connectivity index (χ2v) is 14.6. The molecule has 3 heterocycles. The van der Waals surface area contributed by atoms with Crippen molar-refractivity contribution in [3.63, 3.8) is 0 Å². The van der Waals surface area contributed by atoms with Crippen LogP contribution in [0.5, 0.6) is 0 Å². The fraction of sp³-hybridized carbons (Fsp3) is 0.457. The van der Waals surface area contributed by atoms with E-state index in [9.17, 15) is 19.5 Å². The lowest BCUT2D eigenvalue weighted by molar-refractivity contribution is -0.145. The second kappa shape index (κ2) is 14.0. The van der Waals surface area contributed by atoms with E-state index in [1.165, 1.54) is 0 Å². The molecule has 7 atom stereocenters. The lowest BCUT2D eigenvalue weighted by Gasteiger charge is -2.40. The number of aliphatic hydroxyl groups excluding tert-OH is 1. The third-order valence-corrected chi connectivity index (χ3v) is 12.5. The van der Waals surface area contributed by atoms with Crippen LogP contribution in [0.1, 0.15) is 44.2 Å². The largest absolute Gasteiger partial charge is 0.394 e. The third kappa shape index (κ3) is 5.67. The molecule has 0 aromatic heterocycles. The maximum atomic E-state index is 14.8. The molecule has 9 heteroatoms. The number of aliphatic hydroxyl groups is 1. The van der Waals surface area contributed by atoms with Gasteiger partial charge in [0.1, 0.15) is 6.04 Å². The summed E-state index contributed by atoms with van der Waals surface area (Å²) in [5.41, 5.74) is 1.50. The SMILES string of the molecule is C=CCN(CCCCC)C(=O)C1N([C@H](CO)c2ccccc2)C(=O)[C@@H]2[C@H](C(=O)N(CC=C)c3ccccc3)[C@H]3SC12CC3Br. The van der Waals surface area contributed by atoms with Gasteiger partial charge >= 0.3 is 0 Å². The summed E-state index contributed by atoms with van der Waals surface area (Å²) in [6, 6.07) is 17.3. The fourth-order valence-corrected chi connectivity index (χ4v) is 11.0. The number of rotatable bonds is 14. The van der Waals surface area contributed by atoms with Crippen LogP contribution < -0.4 is 4.90 Å². The summed E-state index contributed by atoms with van der Waals surface area (Å²) in [7, 11) is 0. The summed E-state index contributed by atoms with van der Waals surface area (Å²) in [6.45, 7) is 10.8. The molecule has 234 valence electrons. The van der Waals surface area contributed by atoms with Crippen molar-refractivity contribution in [2.75, 3.05) is 31.1 Å². The van der Waals surface area contributed by atoms with Crippen molar-refractivity contribution in [2.45, 2.75) is 59.5 Å². The number of anilines is 1. The van der Waals surface area contributed by atoms with Gasteiger partial charge in [0.15, 0.2) is 0 Å². The molecule has 2 aromatic rings. The van der Waals surface area contributed by atoms with Crippen molar-refractivity contribution in [3.8, 4) is 0 Å². The Morgan fingerprint density at radius 2 is 1.73 bits per heavy atom. The first-order valence-corrected chi connectivity index (χ1v) is 17.3. The molecule has 3 aliphatic rings. The standard InChI is InChI=1S/C35H42BrN3O4S/c1-4-7-14-21-37(19-5-2)34(43)31-35-22-26(36)30(44-35)28(32(41)38(20-6-3)25-17-12-9-13-18-25)29(35)33(42)39(31)27(23-40)24-15-10-8-11-16-24/h5-6,8-13,15-18,26-31,40H,2-4,7,14,19-23H2,1H3/t26?,27-,28+,29+,30+,31?,35?/m1/s1. The zero-order valence-corrected chi connectivity index (χ0v) is 27.7. The Hall–Kier alpha value is -2.88. The van der Waals surface area contributed by atoms with E-state index in [-0.39, 0.29) is 34.4 Å². The summed E-state index contributed by atoms with van der Waals surface area (Å²) in [4.78, 5) is 49.3. The van der Waals surface area contributed by atoms with E-state index < -0.39 is 28.7 Å². The normalized spacial score (nSPS) is 27.6. The molecular weight excluding hydrogens is 638 g/mol. The monoisotopic (exact) mass is 679 g/mol. The van der Waals surface area contributed by atoms with E-state index in [1.54, 1.807) is 33.7 Å². The van der Waals surface area contributed by atoms with Gasteiger partial charge in [-0.2, -0.15) is 0 Å². The van der Waals surface area contributed by atoms with Crippen LogP contribution in [-0.4, -0.2) is 79.7 Å². The van der Waals surface area contributed by atoms with E-state index in [0.717, 1.165) is 30.5 Å². The molecule has 3 unspecified atom stereocenters. The average molecular weight is 681 g/mol. The molecule has 3 fully saturated rings. The highest BCUT2D eigenvalue weighted by Crippen LogP contribution is 2.68. The van der Waals surface area contributed by atoms with Gasteiger partial charge in [0, 0.05) is 35.4 Å². The van der Waals surface area contributed by atoms with Crippen LogP contribution in [0.15, 0.2) is 86.0 Å². The molecule has 2 bridgehead atoms.